The smallest absolute Gasteiger partial charge is 0.243 e. The van der Waals surface area contributed by atoms with Gasteiger partial charge < -0.3 is 19.9 Å². The Kier molecular flexibility index (Phi) is 10.3. The number of guanidine groups is 1. The first-order valence-corrected chi connectivity index (χ1v) is 11.1. The van der Waals surface area contributed by atoms with Crippen LogP contribution in [0.2, 0.25) is 0 Å². The number of hydrogen-bond donors (Lipinski definition) is 1. The Hall–Kier alpha value is -2.07. The summed E-state index contributed by atoms with van der Waals surface area (Å²) >= 11 is 1.71. The third kappa shape index (κ3) is 7.53. The van der Waals surface area contributed by atoms with Crippen LogP contribution in [0.15, 0.2) is 52.8 Å². The van der Waals surface area contributed by atoms with Gasteiger partial charge in [-0.05, 0) is 48.1 Å². The minimum Gasteiger partial charge on any atom is -0.494 e. The highest BCUT2D eigenvalue weighted by Gasteiger charge is 2.17. The van der Waals surface area contributed by atoms with Crippen LogP contribution in [0.1, 0.15) is 23.8 Å². The van der Waals surface area contributed by atoms with Crippen LogP contribution in [0.3, 0.4) is 0 Å². The first kappa shape index (κ1) is 25.2. The summed E-state index contributed by atoms with van der Waals surface area (Å²) in [4.78, 5) is 21.6. The number of rotatable bonds is 7. The fourth-order valence-electron chi connectivity index (χ4n) is 3.19. The van der Waals surface area contributed by atoms with Gasteiger partial charge in [0.2, 0.25) is 5.91 Å². The molecule has 0 spiro atoms. The first-order valence-electron chi connectivity index (χ1n) is 10.2. The van der Waals surface area contributed by atoms with Crippen molar-refractivity contribution in [3.8, 4) is 5.75 Å². The van der Waals surface area contributed by atoms with Gasteiger partial charge in [0.25, 0.3) is 0 Å². The second-order valence-electron chi connectivity index (χ2n) is 7.24. The molecule has 0 saturated carbocycles. The third-order valence-electron chi connectivity index (χ3n) is 4.91. The number of halogens is 1. The number of hydrogen-bond acceptors (Lipinski definition) is 4. The predicted molar refractivity (Wildman–Crippen MR) is 139 cm³/mol. The predicted octanol–water partition coefficient (Wildman–Crippen LogP) is 4.09. The van der Waals surface area contributed by atoms with Gasteiger partial charge in [0.15, 0.2) is 5.96 Å². The van der Waals surface area contributed by atoms with E-state index in [0.29, 0.717) is 13.2 Å². The Balaban J connectivity index is 0.00000341. The molecular formula is C23H31IN4O2S. The monoisotopic (exact) mass is 554 g/mol. The summed E-state index contributed by atoms with van der Waals surface area (Å²) in [7, 11) is 3.51. The van der Waals surface area contributed by atoms with Crippen LogP contribution in [0.25, 0.3) is 5.57 Å². The van der Waals surface area contributed by atoms with Crippen LogP contribution in [-0.2, 0) is 11.3 Å². The molecule has 0 fully saturated rings. The van der Waals surface area contributed by atoms with Gasteiger partial charge in [-0.3, -0.25) is 4.79 Å². The van der Waals surface area contributed by atoms with Crippen LogP contribution in [-0.4, -0.2) is 62.0 Å². The second-order valence-corrected chi connectivity index (χ2v) is 8.28. The molecule has 3 rings (SSSR count). The molecule has 2 heterocycles. The number of benzene rings is 1. The van der Waals surface area contributed by atoms with Crippen LogP contribution in [0, 0.1) is 0 Å². The Morgan fingerprint density at radius 2 is 2.03 bits per heavy atom. The van der Waals surface area contributed by atoms with E-state index in [1.807, 2.05) is 25.1 Å². The minimum absolute atomic E-state index is 0. The number of carbonyl (C=O) groups excluding carboxylic acids is 1. The number of likely N-dealkylation sites (N-methyl/N-ethyl adjacent to an activating group) is 1. The summed E-state index contributed by atoms with van der Waals surface area (Å²) in [5.74, 6) is 1.67. The molecule has 2 aromatic rings. The van der Waals surface area contributed by atoms with E-state index < -0.39 is 0 Å². The Bertz CT molecular complexity index is 879. The molecule has 0 bridgehead atoms. The highest BCUT2D eigenvalue weighted by atomic mass is 127. The third-order valence-corrected chi connectivity index (χ3v) is 5.78. The molecule has 31 heavy (non-hydrogen) atoms. The molecule has 0 aliphatic carbocycles. The molecule has 1 N–H and O–H groups in total. The van der Waals surface area contributed by atoms with Gasteiger partial charge in [-0.2, -0.15) is 0 Å². The lowest BCUT2D eigenvalue weighted by molar-refractivity contribution is -0.127. The van der Waals surface area contributed by atoms with Crippen molar-refractivity contribution in [3.05, 3.63) is 58.3 Å². The van der Waals surface area contributed by atoms with E-state index in [-0.39, 0.29) is 36.4 Å². The molecule has 0 atom stereocenters. The number of nitrogens with zero attached hydrogens (tertiary/aromatic N) is 3. The van der Waals surface area contributed by atoms with Crippen LogP contribution < -0.4 is 10.1 Å². The summed E-state index contributed by atoms with van der Waals surface area (Å²) in [6, 6.07) is 12.4. The fourth-order valence-corrected chi connectivity index (χ4v) is 3.83. The molecule has 1 aromatic heterocycles. The maximum absolute atomic E-state index is 12.0. The first-order chi connectivity index (χ1) is 14.6. The number of nitrogens with one attached hydrogen (secondary N) is 1. The average Bonchev–Trinajstić information content (AvgIpc) is 3.28. The number of aliphatic imine (C=N–C) groups is 1. The van der Waals surface area contributed by atoms with Crippen LogP contribution in [0.5, 0.6) is 5.75 Å². The molecule has 1 aliphatic rings. The van der Waals surface area contributed by atoms with Crippen molar-refractivity contribution in [2.24, 2.45) is 4.99 Å². The molecule has 1 aliphatic heterocycles. The van der Waals surface area contributed by atoms with Crippen molar-refractivity contribution in [1.82, 2.24) is 15.1 Å². The van der Waals surface area contributed by atoms with E-state index in [4.69, 9.17) is 4.74 Å². The van der Waals surface area contributed by atoms with Crippen molar-refractivity contribution in [2.45, 2.75) is 19.9 Å². The van der Waals surface area contributed by atoms with Crippen molar-refractivity contribution in [2.75, 3.05) is 40.3 Å². The number of amides is 1. The Morgan fingerprint density at radius 1 is 1.26 bits per heavy atom. The largest absolute Gasteiger partial charge is 0.494 e. The van der Waals surface area contributed by atoms with Gasteiger partial charge in [0.1, 0.15) is 12.3 Å². The Labute approximate surface area is 206 Å². The summed E-state index contributed by atoms with van der Waals surface area (Å²) in [6.45, 7) is 5.13. The lowest BCUT2D eigenvalue weighted by Crippen LogP contribution is -2.43. The highest BCUT2D eigenvalue weighted by Crippen LogP contribution is 2.24. The molecule has 1 aromatic carbocycles. The molecular weight excluding hydrogens is 523 g/mol. The quantitative estimate of drug-likeness (QED) is 0.319. The molecule has 0 unspecified atom stereocenters. The van der Waals surface area contributed by atoms with Gasteiger partial charge >= 0.3 is 0 Å². The Morgan fingerprint density at radius 3 is 2.61 bits per heavy atom. The molecule has 0 saturated heterocycles. The van der Waals surface area contributed by atoms with E-state index in [1.165, 1.54) is 16.0 Å². The zero-order valence-electron chi connectivity index (χ0n) is 18.3. The fraction of sp³-hybridized carbons (Fsp3) is 0.391. The van der Waals surface area contributed by atoms with Crippen molar-refractivity contribution in [1.29, 1.82) is 0 Å². The molecule has 6 nitrogen and oxygen atoms in total. The molecule has 168 valence electrons. The number of carbonyl (C=O) groups is 1. The standard InChI is InChI=1S/C23H30N4O2S.HI/c1-4-29-20-9-7-18(8-10-20)19-11-13-27(14-12-19)23(25-17-22(28)26(2)3)24-16-21-6-5-15-30-21;/h5-11,15H,4,12-14,16-17H2,1-3H3,(H,24,25);1H. The summed E-state index contributed by atoms with van der Waals surface area (Å²) in [5, 5.41) is 5.50. The zero-order chi connectivity index (χ0) is 21.3. The van der Waals surface area contributed by atoms with Crippen molar-refractivity contribution < 1.29 is 9.53 Å². The molecule has 0 radical (unpaired) electrons. The normalized spacial score (nSPS) is 13.8. The van der Waals surface area contributed by atoms with Crippen molar-refractivity contribution in [3.63, 3.8) is 0 Å². The van der Waals surface area contributed by atoms with E-state index in [2.05, 4.69) is 44.9 Å². The molecule has 1 amide bonds. The maximum atomic E-state index is 12.0. The van der Waals surface area contributed by atoms with Gasteiger partial charge in [-0.15, -0.1) is 35.3 Å². The number of thiophene rings is 1. The highest BCUT2D eigenvalue weighted by molar-refractivity contribution is 14.0. The number of ether oxygens (including phenoxy) is 1. The van der Waals surface area contributed by atoms with E-state index >= 15 is 0 Å². The van der Waals surface area contributed by atoms with Crippen molar-refractivity contribution >= 4 is 52.8 Å². The SMILES string of the molecule is CCOc1ccc(C2=CCN(C(=NCC(=O)N(C)C)NCc3cccs3)CC2)cc1.I. The maximum Gasteiger partial charge on any atom is 0.243 e. The van der Waals surface area contributed by atoms with E-state index in [9.17, 15) is 4.79 Å². The summed E-state index contributed by atoms with van der Waals surface area (Å²) < 4.78 is 5.54. The van der Waals surface area contributed by atoms with Gasteiger partial charge in [-0.1, -0.05) is 24.3 Å². The topological polar surface area (TPSA) is 57.2 Å². The van der Waals surface area contributed by atoms with Gasteiger partial charge in [-0.25, -0.2) is 4.99 Å². The van der Waals surface area contributed by atoms with Crippen LogP contribution in [0.4, 0.5) is 0 Å². The van der Waals surface area contributed by atoms with Gasteiger partial charge in [0, 0.05) is 32.1 Å². The summed E-state index contributed by atoms with van der Waals surface area (Å²) in [6.07, 6.45) is 3.17. The lowest BCUT2D eigenvalue weighted by atomic mass is 9.99. The van der Waals surface area contributed by atoms with Gasteiger partial charge in [0.05, 0.1) is 13.2 Å². The summed E-state index contributed by atoms with van der Waals surface area (Å²) in [5.41, 5.74) is 2.56. The van der Waals surface area contributed by atoms with E-state index in [0.717, 1.165) is 31.2 Å². The molecule has 8 heteroatoms. The lowest BCUT2D eigenvalue weighted by Gasteiger charge is -2.30. The van der Waals surface area contributed by atoms with Crippen LogP contribution >= 0.6 is 35.3 Å². The second kappa shape index (κ2) is 12.7. The minimum atomic E-state index is -0.00643. The average molecular weight is 554 g/mol. The zero-order valence-corrected chi connectivity index (χ0v) is 21.5. The van der Waals surface area contributed by atoms with E-state index in [1.54, 1.807) is 30.3 Å².